The van der Waals surface area contributed by atoms with Gasteiger partial charge in [-0.3, -0.25) is 4.79 Å². The Balaban J connectivity index is 2.58. The van der Waals surface area contributed by atoms with E-state index in [4.69, 9.17) is 0 Å². The van der Waals surface area contributed by atoms with Crippen LogP contribution in [0.15, 0.2) is 77.6 Å². The molecule has 0 aliphatic rings. The van der Waals surface area contributed by atoms with Crippen LogP contribution in [0, 0.1) is 0 Å². The van der Waals surface area contributed by atoms with Crippen molar-refractivity contribution in [3.05, 3.63) is 94.5 Å². The number of aromatic nitrogens is 2. The maximum absolute atomic E-state index is 12.5. The van der Waals surface area contributed by atoms with Gasteiger partial charge in [-0.15, -0.1) is 0 Å². The fourth-order valence-corrected chi connectivity index (χ4v) is 2.52. The Morgan fingerprint density at radius 3 is 2.65 bits per heavy atom. The van der Waals surface area contributed by atoms with E-state index in [9.17, 15) is 4.79 Å². The number of allylic oxidation sites excluding steroid dienone is 6. The lowest BCUT2D eigenvalue weighted by Crippen LogP contribution is -2.18. The first-order valence-electron chi connectivity index (χ1n) is 8.68. The van der Waals surface area contributed by atoms with Crippen molar-refractivity contribution in [2.24, 2.45) is 0 Å². The fourth-order valence-electron chi connectivity index (χ4n) is 2.52. The van der Waals surface area contributed by atoms with Crippen LogP contribution in [0.4, 0.5) is 5.69 Å². The first-order chi connectivity index (χ1) is 12.6. The van der Waals surface area contributed by atoms with Crippen LogP contribution >= 0.6 is 0 Å². The second-order valence-electron chi connectivity index (χ2n) is 5.85. The van der Waals surface area contributed by atoms with Gasteiger partial charge in [-0.1, -0.05) is 56.0 Å². The van der Waals surface area contributed by atoms with Crippen molar-refractivity contribution in [3.63, 3.8) is 0 Å². The quantitative estimate of drug-likeness (QED) is 0.679. The smallest absolute Gasteiger partial charge is 0.273 e. The second-order valence-corrected chi connectivity index (χ2v) is 5.85. The molecule has 4 nitrogen and oxygen atoms in total. The van der Waals surface area contributed by atoms with Gasteiger partial charge in [-0.05, 0) is 44.0 Å². The lowest BCUT2D eigenvalue weighted by molar-refractivity contribution is 0.962. The molecule has 0 spiro atoms. The summed E-state index contributed by atoms with van der Waals surface area (Å²) >= 11 is 0. The fraction of sp³-hybridized carbons (Fsp3) is 0.182. The van der Waals surface area contributed by atoms with Crippen LogP contribution in [-0.2, 0) is 0 Å². The molecule has 1 heterocycles. The molecule has 0 bridgehead atoms. The Labute approximate surface area is 154 Å². The molecule has 0 unspecified atom stereocenters. The molecule has 134 valence electrons. The SMILES string of the molecule is C=C/C=C(\C=C/C)c1cc(/C(Nc2ccccc2)=C(/C)CC)c(=O)[nH]n1. The van der Waals surface area contributed by atoms with E-state index in [2.05, 4.69) is 29.0 Å². The van der Waals surface area contributed by atoms with Crippen molar-refractivity contribution >= 4 is 17.0 Å². The van der Waals surface area contributed by atoms with Crippen molar-refractivity contribution < 1.29 is 0 Å². The van der Waals surface area contributed by atoms with Crippen molar-refractivity contribution in [3.8, 4) is 0 Å². The number of nitrogens with one attached hydrogen (secondary N) is 2. The standard InChI is InChI=1S/C22H25N3O/c1-5-11-17(12-6-2)20-15-19(22(26)25-24-20)21(16(4)7-3)23-18-13-9-8-10-14-18/h5-6,8-15,23H,1,7H2,2-4H3,(H,25,26)/b12-6-,17-11+,21-16+. The summed E-state index contributed by atoms with van der Waals surface area (Å²) in [4.78, 5) is 12.5. The zero-order valence-corrected chi connectivity index (χ0v) is 15.5. The van der Waals surface area contributed by atoms with E-state index in [1.807, 2.05) is 68.5 Å². The molecule has 4 heteroatoms. The number of hydrogen-bond acceptors (Lipinski definition) is 3. The lowest BCUT2D eigenvalue weighted by Gasteiger charge is -2.15. The summed E-state index contributed by atoms with van der Waals surface area (Å²) in [6.07, 6.45) is 8.27. The normalized spacial score (nSPS) is 12.8. The molecule has 0 aliphatic heterocycles. The van der Waals surface area contributed by atoms with Crippen LogP contribution in [0.25, 0.3) is 11.3 Å². The molecule has 0 aliphatic carbocycles. The maximum atomic E-state index is 12.5. The summed E-state index contributed by atoms with van der Waals surface area (Å²) in [6.45, 7) is 9.78. The summed E-state index contributed by atoms with van der Waals surface area (Å²) in [5.41, 5.74) is 4.75. The van der Waals surface area contributed by atoms with Gasteiger partial charge in [0.05, 0.1) is 17.0 Å². The van der Waals surface area contributed by atoms with E-state index in [0.29, 0.717) is 11.3 Å². The Bertz CT molecular complexity index is 902. The minimum Gasteiger partial charge on any atom is -0.355 e. The zero-order valence-electron chi connectivity index (χ0n) is 15.5. The van der Waals surface area contributed by atoms with Crippen LogP contribution in [0.1, 0.15) is 38.4 Å². The molecule has 0 saturated carbocycles. The number of anilines is 1. The highest BCUT2D eigenvalue weighted by Gasteiger charge is 2.13. The molecule has 0 amide bonds. The largest absolute Gasteiger partial charge is 0.355 e. The van der Waals surface area contributed by atoms with Gasteiger partial charge in [0, 0.05) is 11.3 Å². The average Bonchev–Trinajstić information content (AvgIpc) is 2.67. The van der Waals surface area contributed by atoms with Gasteiger partial charge in [0.15, 0.2) is 0 Å². The predicted molar refractivity (Wildman–Crippen MR) is 111 cm³/mol. The topological polar surface area (TPSA) is 57.8 Å². The zero-order chi connectivity index (χ0) is 18.9. The Kier molecular flexibility index (Phi) is 6.92. The number of H-pyrrole nitrogens is 1. The number of rotatable bonds is 7. The van der Waals surface area contributed by atoms with Gasteiger partial charge in [-0.25, -0.2) is 5.10 Å². The van der Waals surface area contributed by atoms with Crippen LogP contribution in [0.5, 0.6) is 0 Å². The number of para-hydroxylation sites is 1. The number of hydrogen-bond donors (Lipinski definition) is 2. The van der Waals surface area contributed by atoms with E-state index >= 15 is 0 Å². The van der Waals surface area contributed by atoms with Crippen LogP contribution in [-0.4, -0.2) is 10.2 Å². The van der Waals surface area contributed by atoms with E-state index in [0.717, 1.165) is 29.0 Å². The first-order valence-corrected chi connectivity index (χ1v) is 8.68. The highest BCUT2D eigenvalue weighted by Crippen LogP contribution is 2.23. The van der Waals surface area contributed by atoms with E-state index < -0.39 is 0 Å². The summed E-state index contributed by atoms with van der Waals surface area (Å²) in [6, 6.07) is 11.6. The monoisotopic (exact) mass is 347 g/mol. The first kappa shape index (κ1) is 19.2. The summed E-state index contributed by atoms with van der Waals surface area (Å²) in [5, 5.41) is 10.2. The third-order valence-corrected chi connectivity index (χ3v) is 4.01. The minimum atomic E-state index is -0.224. The van der Waals surface area contributed by atoms with Crippen molar-refractivity contribution in [1.29, 1.82) is 0 Å². The average molecular weight is 347 g/mol. The lowest BCUT2D eigenvalue weighted by atomic mass is 10.0. The Hall–Kier alpha value is -3.14. The van der Waals surface area contributed by atoms with E-state index in [-0.39, 0.29) is 5.56 Å². The van der Waals surface area contributed by atoms with Gasteiger partial charge in [0.1, 0.15) is 0 Å². The molecule has 2 aromatic rings. The third-order valence-electron chi connectivity index (χ3n) is 4.01. The number of nitrogens with zero attached hydrogens (tertiary/aromatic N) is 1. The van der Waals surface area contributed by atoms with Crippen molar-refractivity contribution in [2.75, 3.05) is 5.32 Å². The van der Waals surface area contributed by atoms with Gasteiger partial charge >= 0.3 is 0 Å². The van der Waals surface area contributed by atoms with Crippen molar-refractivity contribution in [2.45, 2.75) is 27.2 Å². The summed E-state index contributed by atoms with van der Waals surface area (Å²) < 4.78 is 0. The van der Waals surface area contributed by atoms with Crippen LogP contribution in [0.3, 0.4) is 0 Å². The molecule has 2 rings (SSSR count). The van der Waals surface area contributed by atoms with Gasteiger partial charge in [0.25, 0.3) is 5.56 Å². The van der Waals surface area contributed by atoms with E-state index in [1.54, 1.807) is 6.08 Å². The molecule has 2 N–H and O–H groups in total. The molecule has 0 fully saturated rings. The third kappa shape index (κ3) is 4.70. The highest BCUT2D eigenvalue weighted by atomic mass is 16.1. The maximum Gasteiger partial charge on any atom is 0.273 e. The predicted octanol–water partition coefficient (Wildman–Crippen LogP) is 5.17. The Morgan fingerprint density at radius 1 is 1.31 bits per heavy atom. The van der Waals surface area contributed by atoms with Crippen LogP contribution < -0.4 is 10.9 Å². The second kappa shape index (κ2) is 9.37. The number of aromatic amines is 1. The highest BCUT2D eigenvalue weighted by molar-refractivity contribution is 5.81. The summed E-state index contributed by atoms with van der Waals surface area (Å²) in [7, 11) is 0. The molecular formula is C22H25N3O. The molecule has 1 aromatic heterocycles. The van der Waals surface area contributed by atoms with E-state index in [1.165, 1.54) is 0 Å². The molecule has 0 saturated heterocycles. The van der Waals surface area contributed by atoms with Crippen molar-refractivity contribution in [1.82, 2.24) is 10.2 Å². The van der Waals surface area contributed by atoms with Gasteiger partial charge in [-0.2, -0.15) is 5.10 Å². The Morgan fingerprint density at radius 2 is 2.04 bits per heavy atom. The van der Waals surface area contributed by atoms with Gasteiger partial charge < -0.3 is 5.32 Å². The molecular weight excluding hydrogens is 322 g/mol. The molecule has 1 aromatic carbocycles. The number of benzene rings is 1. The van der Waals surface area contributed by atoms with Crippen LogP contribution in [0.2, 0.25) is 0 Å². The molecule has 0 radical (unpaired) electrons. The molecule has 26 heavy (non-hydrogen) atoms. The minimum absolute atomic E-state index is 0.224. The molecule has 0 atom stereocenters. The van der Waals surface area contributed by atoms with Gasteiger partial charge in [0.2, 0.25) is 0 Å². The summed E-state index contributed by atoms with van der Waals surface area (Å²) in [5.74, 6) is 0.